The van der Waals surface area contributed by atoms with Crippen molar-refractivity contribution in [2.24, 2.45) is 0 Å². The first-order chi connectivity index (χ1) is 22.8. The molecule has 0 bridgehead atoms. The van der Waals surface area contributed by atoms with Gasteiger partial charge in [-0.3, -0.25) is 0 Å². The third-order valence-corrected chi connectivity index (χ3v) is 11.3. The summed E-state index contributed by atoms with van der Waals surface area (Å²) in [6, 6.07) is 40.2. The van der Waals surface area contributed by atoms with Crippen molar-refractivity contribution in [3.63, 3.8) is 0 Å². The van der Waals surface area contributed by atoms with Crippen molar-refractivity contribution in [3.05, 3.63) is 131 Å². The van der Waals surface area contributed by atoms with Gasteiger partial charge in [-0.15, -0.1) is 69.1 Å². The van der Waals surface area contributed by atoms with Gasteiger partial charge in [0.25, 0.3) is 0 Å². The van der Waals surface area contributed by atoms with Crippen LogP contribution in [0.2, 0.25) is 12.1 Å². The van der Waals surface area contributed by atoms with Crippen LogP contribution < -0.4 is 24.8 Å². The van der Waals surface area contributed by atoms with Crippen molar-refractivity contribution in [2.75, 3.05) is 0 Å². The Morgan fingerprint density at radius 3 is 1.24 bits per heavy atom. The third-order valence-electron chi connectivity index (χ3n) is 9.93. The summed E-state index contributed by atoms with van der Waals surface area (Å²) in [7, 11) is 1.21. The predicted octanol–water partition coefficient (Wildman–Crippen LogP) is 8.16. The number of halogens is 2. The molecule has 7 rings (SSSR count). The fraction of sp³-hybridized carbons (Fsp3) is 0.362. The Labute approximate surface area is 343 Å². The summed E-state index contributed by atoms with van der Waals surface area (Å²) in [6.45, 7) is 20.2. The van der Waals surface area contributed by atoms with Crippen LogP contribution in [0.5, 0.6) is 0 Å². The van der Waals surface area contributed by atoms with Crippen LogP contribution in [0, 0.1) is 13.8 Å². The van der Waals surface area contributed by atoms with Gasteiger partial charge in [-0.25, -0.2) is 0 Å². The van der Waals surface area contributed by atoms with E-state index in [1.807, 2.05) is 0 Å². The molecule has 1 fully saturated rings. The fourth-order valence-electron chi connectivity index (χ4n) is 6.96. The average molecular weight is 811 g/mol. The Kier molecular flexibility index (Phi) is 17.4. The van der Waals surface area contributed by atoms with Crippen LogP contribution in [0.3, 0.4) is 0 Å². The summed E-state index contributed by atoms with van der Waals surface area (Å²) in [4.78, 5) is 0. The molecule has 0 N–H and O–H groups in total. The fourth-order valence-corrected chi connectivity index (χ4v) is 7.95. The summed E-state index contributed by atoms with van der Waals surface area (Å²) in [5.74, 6) is 0. The number of hydrogen-bond acceptors (Lipinski definition) is 0. The zero-order valence-corrected chi connectivity index (χ0v) is 37.2. The van der Waals surface area contributed by atoms with E-state index in [2.05, 4.69) is 171 Å². The van der Waals surface area contributed by atoms with Gasteiger partial charge in [0.2, 0.25) is 0 Å². The van der Waals surface area contributed by atoms with Crippen molar-refractivity contribution in [2.45, 2.75) is 110 Å². The monoisotopic (exact) mass is 808 g/mol. The second-order valence-corrected chi connectivity index (χ2v) is 17.4. The first-order valence-electron chi connectivity index (χ1n) is 18.0. The summed E-state index contributed by atoms with van der Waals surface area (Å²) < 4.78 is 0. The number of hydrogen-bond donors (Lipinski definition) is 0. The number of aryl methyl sites for hydroxylation is 2. The maximum Gasteiger partial charge on any atom is 4.00 e. The number of benzene rings is 4. The van der Waals surface area contributed by atoms with Gasteiger partial charge >= 0.3 is 26.2 Å². The quantitative estimate of drug-likeness (QED) is 0.125. The van der Waals surface area contributed by atoms with Crippen molar-refractivity contribution >= 4 is 31.1 Å². The molecule has 0 aliphatic heterocycles. The molecule has 0 atom stereocenters. The van der Waals surface area contributed by atoms with E-state index in [-0.39, 0.29) is 61.8 Å². The van der Waals surface area contributed by atoms with E-state index >= 15 is 0 Å². The van der Waals surface area contributed by atoms with Gasteiger partial charge in [-0.2, -0.15) is 12.1 Å². The third kappa shape index (κ3) is 11.9. The first kappa shape index (κ1) is 44.9. The van der Waals surface area contributed by atoms with Crippen LogP contribution in [0.1, 0.15) is 95.9 Å². The Morgan fingerprint density at radius 1 is 0.549 bits per heavy atom. The average Bonchev–Trinajstić information content (AvgIpc) is 3.65. The molecule has 6 aromatic carbocycles. The Bertz CT molecular complexity index is 1780. The molecule has 4 heteroatoms. The van der Waals surface area contributed by atoms with Gasteiger partial charge < -0.3 is 24.8 Å². The smallest absolute Gasteiger partial charge is 1.00 e. The molecule has 0 amide bonds. The van der Waals surface area contributed by atoms with E-state index in [0.29, 0.717) is 0 Å². The van der Waals surface area contributed by atoms with E-state index in [1.165, 1.54) is 108 Å². The normalized spacial score (nSPS) is 13.1. The van der Waals surface area contributed by atoms with Crippen LogP contribution in [0.25, 0.3) is 43.8 Å². The van der Waals surface area contributed by atoms with Crippen LogP contribution in [0.4, 0.5) is 0 Å². The van der Waals surface area contributed by atoms with Crippen molar-refractivity contribution in [3.8, 4) is 22.3 Å². The van der Waals surface area contributed by atoms with E-state index in [1.54, 1.807) is 0 Å². The summed E-state index contributed by atoms with van der Waals surface area (Å²) in [5.41, 5.74) is 12.2. The summed E-state index contributed by atoms with van der Waals surface area (Å²) >= 11 is 0. The minimum atomic E-state index is 0. The number of fused-ring (bicyclic) bond motifs is 2. The molecule has 6 aromatic rings. The van der Waals surface area contributed by atoms with Gasteiger partial charge in [0.05, 0.1) is 0 Å². The zero-order chi connectivity index (χ0) is 34.5. The summed E-state index contributed by atoms with van der Waals surface area (Å²) in [6.07, 6.45) is 7.56. The molecule has 266 valence electrons. The van der Waals surface area contributed by atoms with Gasteiger partial charge in [0.1, 0.15) is 0 Å². The molecule has 0 nitrogen and oxygen atoms in total. The molecule has 2 radical (unpaired) electrons. The van der Waals surface area contributed by atoms with E-state index < -0.39 is 0 Å². The van der Waals surface area contributed by atoms with Crippen LogP contribution in [-0.2, 0) is 37.0 Å². The maximum absolute atomic E-state index is 2.34. The largest absolute Gasteiger partial charge is 4.00 e. The van der Waals surface area contributed by atoms with Crippen LogP contribution >= 0.6 is 0 Å². The van der Waals surface area contributed by atoms with Crippen LogP contribution in [0.15, 0.2) is 109 Å². The second kappa shape index (κ2) is 19.7. The van der Waals surface area contributed by atoms with E-state index in [9.17, 15) is 0 Å². The van der Waals surface area contributed by atoms with Gasteiger partial charge in [-0.05, 0) is 38.6 Å². The number of rotatable bonds is 3. The van der Waals surface area contributed by atoms with Gasteiger partial charge in [-0.1, -0.05) is 166 Å². The molecule has 51 heavy (non-hydrogen) atoms. The van der Waals surface area contributed by atoms with E-state index in [0.717, 1.165) is 5.54 Å². The Morgan fingerprint density at radius 2 is 0.922 bits per heavy atom. The Balaban J connectivity index is 0.000000278. The van der Waals surface area contributed by atoms with E-state index in [4.69, 9.17) is 0 Å². The van der Waals surface area contributed by atoms with Gasteiger partial charge in [0, 0.05) is 9.52 Å². The predicted molar refractivity (Wildman–Crippen MR) is 215 cm³/mol. The standard InChI is InChI=1S/2C20H21.C7H14Si.2ClH.Zr/c2*1-14-12-16-6-5-7-18(19(16)13-14)15-8-10-17(11-9-15)20(2,3)4;1-8-7-5-3-2-4-6-7;;;/h2*5-13H,1-4H3;7H,2-6H2,1H3;2*1H;/q2*-1;;;;+4/p-2. The molecule has 1 aliphatic rings. The van der Waals surface area contributed by atoms with Crippen molar-refractivity contribution in [1.82, 2.24) is 0 Å². The maximum atomic E-state index is 2.34. The minimum absolute atomic E-state index is 0. The topological polar surface area (TPSA) is 0 Å². The molecule has 1 aliphatic carbocycles. The molecular formula is C47H56Cl2SiZr. The second-order valence-electron chi connectivity index (χ2n) is 16.0. The molecule has 0 spiro atoms. The summed E-state index contributed by atoms with van der Waals surface area (Å²) in [5, 5.41) is 5.38. The minimum Gasteiger partial charge on any atom is -1.00 e. The SMILES string of the molecule is C[Si]C1CCCCC1.Cc1cc2c(-c3ccc(C(C)(C)C)cc3)cccc2[cH-]1.Cc1cc2c(-c3ccc(C(C)(C)C)cc3)cccc2[cH-]1.[Cl-].[Cl-].[Zr+4]. The molecule has 0 unspecified atom stereocenters. The molecule has 0 aromatic heterocycles. The first-order valence-corrected chi connectivity index (χ1v) is 19.6. The molecule has 1 saturated carbocycles. The molecular weight excluding hydrogens is 755 g/mol. The van der Waals surface area contributed by atoms with Crippen LogP contribution in [-0.4, -0.2) is 9.52 Å². The molecule has 0 saturated heterocycles. The van der Waals surface area contributed by atoms with Crippen molar-refractivity contribution < 1.29 is 51.0 Å². The zero-order valence-electron chi connectivity index (χ0n) is 32.3. The molecule has 0 heterocycles. The van der Waals surface area contributed by atoms with Gasteiger partial charge in [0.15, 0.2) is 0 Å². The van der Waals surface area contributed by atoms with Crippen molar-refractivity contribution in [1.29, 1.82) is 0 Å². The Hall–Kier alpha value is -2.22.